The molecule has 0 radical (unpaired) electrons. The van der Waals surface area contributed by atoms with E-state index in [0.29, 0.717) is 6.42 Å². The summed E-state index contributed by atoms with van der Waals surface area (Å²) in [4.78, 5) is 18.9. The van der Waals surface area contributed by atoms with Crippen LogP contribution in [0.5, 0.6) is 0 Å². The van der Waals surface area contributed by atoms with Gasteiger partial charge >= 0.3 is 0 Å². The number of rotatable bonds is 7. The van der Waals surface area contributed by atoms with Crippen molar-refractivity contribution in [3.05, 3.63) is 114 Å². The molecule has 2 aromatic heterocycles. The van der Waals surface area contributed by atoms with E-state index in [1.54, 1.807) is 18.0 Å². The van der Waals surface area contributed by atoms with Crippen LogP contribution in [-0.2, 0) is 11.2 Å². The van der Waals surface area contributed by atoms with Crippen molar-refractivity contribution in [3.8, 4) is 0 Å². The van der Waals surface area contributed by atoms with Crippen molar-refractivity contribution in [1.29, 1.82) is 0 Å². The van der Waals surface area contributed by atoms with Crippen molar-refractivity contribution in [2.75, 3.05) is 5.32 Å². The normalized spacial score (nSPS) is 11.2. The maximum absolute atomic E-state index is 12.5. The largest absolute Gasteiger partial charge is 0.326 e. The first-order valence-electron chi connectivity index (χ1n) is 11.3. The number of carbonyl (C=O) groups excluding carboxylic acids is 1. The molecule has 35 heavy (non-hydrogen) atoms. The van der Waals surface area contributed by atoms with Crippen molar-refractivity contribution in [2.24, 2.45) is 0 Å². The molecule has 0 aliphatic carbocycles. The second kappa shape index (κ2) is 10.4. The summed E-state index contributed by atoms with van der Waals surface area (Å²) in [6.45, 7) is 2.04. The molecule has 2 N–H and O–H groups in total. The predicted octanol–water partition coefficient (Wildman–Crippen LogP) is 6.77. The fraction of sp³-hybridized carbons (Fsp3) is 0.0690. The van der Waals surface area contributed by atoms with Gasteiger partial charge in [-0.05, 0) is 73.2 Å². The van der Waals surface area contributed by atoms with E-state index in [4.69, 9.17) is 0 Å². The van der Waals surface area contributed by atoms with Gasteiger partial charge in [-0.15, -0.1) is 0 Å². The molecule has 2 heterocycles. The highest BCUT2D eigenvalue weighted by Gasteiger charge is 2.08. The van der Waals surface area contributed by atoms with Crippen LogP contribution in [0.2, 0.25) is 0 Å². The summed E-state index contributed by atoms with van der Waals surface area (Å²) in [5, 5.41) is 11.6. The highest BCUT2D eigenvalue weighted by molar-refractivity contribution is 7.99. The summed E-state index contributed by atoms with van der Waals surface area (Å²) in [6.07, 6.45) is 6.05. The summed E-state index contributed by atoms with van der Waals surface area (Å²) in [6, 6.07) is 28.0. The number of amides is 1. The van der Waals surface area contributed by atoms with Gasteiger partial charge in [0.15, 0.2) is 0 Å². The molecule has 0 bridgehead atoms. The maximum Gasteiger partial charge on any atom is 0.228 e. The number of pyridine rings is 1. The third-order valence-corrected chi connectivity index (χ3v) is 6.48. The summed E-state index contributed by atoms with van der Waals surface area (Å²) in [5.41, 5.74) is 5.71. The van der Waals surface area contributed by atoms with Crippen molar-refractivity contribution >= 4 is 46.4 Å². The Balaban J connectivity index is 1.26. The molecule has 5 aromatic rings. The average molecular weight is 477 g/mol. The molecule has 5 nitrogen and oxygen atoms in total. The molecule has 5 rings (SSSR count). The van der Waals surface area contributed by atoms with Gasteiger partial charge in [0.25, 0.3) is 0 Å². The minimum absolute atomic E-state index is 0.0267. The van der Waals surface area contributed by atoms with Crippen LogP contribution in [0.25, 0.3) is 23.1 Å². The smallest absolute Gasteiger partial charge is 0.228 e. The number of nitrogens with zero attached hydrogens (tertiary/aromatic N) is 2. The Bertz CT molecular complexity index is 1490. The lowest BCUT2D eigenvalue weighted by Crippen LogP contribution is -2.14. The van der Waals surface area contributed by atoms with Crippen molar-refractivity contribution < 1.29 is 4.79 Å². The predicted molar refractivity (Wildman–Crippen MR) is 143 cm³/mol. The fourth-order valence-corrected chi connectivity index (χ4v) is 4.64. The molecule has 172 valence electrons. The first kappa shape index (κ1) is 22.6. The van der Waals surface area contributed by atoms with Gasteiger partial charge in [-0.2, -0.15) is 5.10 Å². The van der Waals surface area contributed by atoms with Gasteiger partial charge in [0.05, 0.1) is 23.3 Å². The van der Waals surface area contributed by atoms with Crippen molar-refractivity contribution in [3.63, 3.8) is 0 Å². The number of hydrogen-bond donors (Lipinski definition) is 2. The van der Waals surface area contributed by atoms with E-state index in [1.165, 1.54) is 5.56 Å². The molecule has 0 aliphatic rings. The molecule has 0 aliphatic heterocycles. The molecule has 0 fully saturated rings. The summed E-state index contributed by atoms with van der Waals surface area (Å²) in [7, 11) is 0. The number of anilines is 1. The molecule has 3 aromatic carbocycles. The number of carbonyl (C=O) groups is 1. The van der Waals surface area contributed by atoms with Gasteiger partial charge < -0.3 is 5.32 Å². The van der Waals surface area contributed by atoms with Gasteiger partial charge in [-0.25, -0.2) is 0 Å². The number of benzene rings is 3. The van der Waals surface area contributed by atoms with Crippen LogP contribution in [-0.4, -0.2) is 21.1 Å². The number of nitrogens with one attached hydrogen (secondary N) is 2. The highest BCUT2D eigenvalue weighted by atomic mass is 32.2. The van der Waals surface area contributed by atoms with Crippen LogP contribution in [0.3, 0.4) is 0 Å². The van der Waals surface area contributed by atoms with E-state index < -0.39 is 0 Å². The van der Waals surface area contributed by atoms with Crippen LogP contribution < -0.4 is 5.32 Å². The van der Waals surface area contributed by atoms with E-state index in [-0.39, 0.29) is 5.91 Å². The zero-order valence-electron chi connectivity index (χ0n) is 19.2. The Kier molecular flexibility index (Phi) is 6.73. The van der Waals surface area contributed by atoms with E-state index in [9.17, 15) is 4.79 Å². The number of fused-ring (bicyclic) bond motifs is 1. The lowest BCUT2D eigenvalue weighted by Gasteiger charge is -2.08. The van der Waals surface area contributed by atoms with Crippen LogP contribution in [0, 0.1) is 6.92 Å². The third kappa shape index (κ3) is 5.86. The second-order valence-electron chi connectivity index (χ2n) is 8.24. The zero-order chi connectivity index (χ0) is 24.0. The summed E-state index contributed by atoms with van der Waals surface area (Å²) in [5.74, 6) is -0.0267. The second-order valence-corrected chi connectivity index (χ2v) is 9.39. The Labute approximate surface area is 208 Å². The minimum atomic E-state index is -0.0267. The average Bonchev–Trinajstić information content (AvgIpc) is 3.27. The first-order chi connectivity index (χ1) is 17.1. The van der Waals surface area contributed by atoms with Crippen LogP contribution in [0.4, 0.5) is 5.69 Å². The molecule has 0 unspecified atom stereocenters. The van der Waals surface area contributed by atoms with Crippen molar-refractivity contribution in [1.82, 2.24) is 15.2 Å². The first-order valence-corrected chi connectivity index (χ1v) is 12.1. The quantitative estimate of drug-likeness (QED) is 0.272. The lowest BCUT2D eigenvalue weighted by molar-refractivity contribution is -0.115. The molecular formula is C29H24N4OS. The van der Waals surface area contributed by atoms with Gasteiger partial charge in [0, 0.05) is 27.1 Å². The van der Waals surface area contributed by atoms with Crippen LogP contribution >= 0.6 is 11.8 Å². The molecule has 0 spiro atoms. The number of aryl methyl sites for hydroxylation is 1. The molecule has 0 saturated carbocycles. The van der Waals surface area contributed by atoms with Gasteiger partial charge in [-0.1, -0.05) is 53.7 Å². The molecule has 0 saturated heterocycles. The standard InChI is InChI=1S/C29H24N4OS/c1-20-8-10-21(11-9-20)17-29(34)31-23-6-4-7-24(18-23)35-25-13-14-26-27(32-33-28(26)19-25)15-12-22-5-2-3-16-30-22/h2-16,18-19H,17H2,1H3,(H,31,34)(H,32,33)/b15-12+. The molecular weight excluding hydrogens is 452 g/mol. The molecule has 6 heteroatoms. The van der Waals surface area contributed by atoms with E-state index in [0.717, 1.165) is 43.3 Å². The van der Waals surface area contributed by atoms with Gasteiger partial charge in [0.2, 0.25) is 5.91 Å². The summed E-state index contributed by atoms with van der Waals surface area (Å²) < 4.78 is 0. The fourth-order valence-electron chi connectivity index (χ4n) is 3.72. The van der Waals surface area contributed by atoms with Gasteiger partial charge in [0.1, 0.15) is 0 Å². The van der Waals surface area contributed by atoms with Crippen molar-refractivity contribution in [2.45, 2.75) is 23.1 Å². The Hall–Kier alpha value is -4.16. The maximum atomic E-state index is 12.5. The number of aromatic amines is 1. The molecule has 1 amide bonds. The number of H-pyrrole nitrogens is 1. The van der Waals surface area contributed by atoms with E-state index in [2.05, 4.69) is 38.7 Å². The third-order valence-electron chi connectivity index (χ3n) is 5.50. The topological polar surface area (TPSA) is 70.7 Å². The summed E-state index contributed by atoms with van der Waals surface area (Å²) >= 11 is 1.64. The number of aromatic nitrogens is 3. The minimum Gasteiger partial charge on any atom is -0.326 e. The zero-order valence-corrected chi connectivity index (χ0v) is 20.0. The number of hydrogen-bond acceptors (Lipinski definition) is 4. The monoisotopic (exact) mass is 476 g/mol. The highest BCUT2D eigenvalue weighted by Crippen LogP contribution is 2.32. The Morgan fingerprint density at radius 1 is 0.943 bits per heavy atom. The van der Waals surface area contributed by atoms with Gasteiger partial charge in [-0.3, -0.25) is 14.9 Å². The molecule has 0 atom stereocenters. The van der Waals surface area contributed by atoms with Crippen LogP contribution in [0.15, 0.2) is 101 Å². The SMILES string of the molecule is Cc1ccc(CC(=O)Nc2cccc(Sc3ccc4c(/C=C/c5ccccn5)n[nH]c4c3)c2)cc1. The van der Waals surface area contributed by atoms with E-state index in [1.807, 2.05) is 85.8 Å². The van der Waals surface area contributed by atoms with E-state index >= 15 is 0 Å². The lowest BCUT2D eigenvalue weighted by atomic mass is 10.1. The Morgan fingerprint density at radius 3 is 2.63 bits per heavy atom. The van der Waals surface area contributed by atoms with Crippen LogP contribution in [0.1, 0.15) is 22.5 Å². The Morgan fingerprint density at radius 2 is 1.80 bits per heavy atom.